The van der Waals surface area contributed by atoms with E-state index < -0.39 is 0 Å². The summed E-state index contributed by atoms with van der Waals surface area (Å²) in [6.07, 6.45) is 13.0. The Balaban J connectivity index is 1.14. The first kappa shape index (κ1) is 17.7. The van der Waals surface area contributed by atoms with Crippen LogP contribution in [0.5, 0.6) is 0 Å². The maximum atomic E-state index is 4.33. The molecule has 1 atom stereocenters. The first-order valence-corrected chi connectivity index (χ1v) is 11.7. The number of imidazole rings is 1. The van der Waals surface area contributed by atoms with E-state index in [0.717, 1.165) is 41.6 Å². The summed E-state index contributed by atoms with van der Waals surface area (Å²) < 4.78 is 0. The number of aromatic amines is 1. The van der Waals surface area contributed by atoms with Crippen molar-refractivity contribution in [1.82, 2.24) is 9.97 Å². The van der Waals surface area contributed by atoms with E-state index in [1.54, 1.807) is 11.9 Å². The van der Waals surface area contributed by atoms with Gasteiger partial charge in [-0.15, -0.1) is 0 Å². The molecule has 2 heteroatoms. The maximum Gasteiger partial charge on any atom is 0.0931 e. The van der Waals surface area contributed by atoms with Crippen molar-refractivity contribution in [3.05, 3.63) is 65.5 Å². The van der Waals surface area contributed by atoms with Crippen LogP contribution in [0.3, 0.4) is 0 Å². The fourth-order valence-electron chi connectivity index (χ4n) is 7.45. The molecule has 1 aromatic heterocycles. The minimum atomic E-state index is 0.526. The van der Waals surface area contributed by atoms with Gasteiger partial charge in [0.1, 0.15) is 0 Å². The third-order valence-electron chi connectivity index (χ3n) is 8.26. The number of H-pyrrole nitrogens is 1. The molecule has 7 rings (SSSR count). The van der Waals surface area contributed by atoms with Crippen LogP contribution in [-0.2, 0) is 18.3 Å². The molecule has 2 nitrogen and oxygen atoms in total. The molecule has 0 aliphatic heterocycles. The van der Waals surface area contributed by atoms with Gasteiger partial charge in [-0.25, -0.2) is 4.98 Å². The lowest BCUT2D eigenvalue weighted by Gasteiger charge is -2.57. The van der Waals surface area contributed by atoms with Crippen LogP contribution in [0.25, 0.3) is 11.0 Å². The number of hydrogen-bond acceptors (Lipinski definition) is 1. The van der Waals surface area contributed by atoms with E-state index in [4.69, 9.17) is 0 Å². The Morgan fingerprint density at radius 3 is 2.21 bits per heavy atom. The fraction of sp³-hybridized carbons (Fsp3) is 0.519. The molecule has 1 heterocycles. The van der Waals surface area contributed by atoms with Crippen molar-refractivity contribution >= 4 is 11.0 Å². The second kappa shape index (κ2) is 6.72. The van der Waals surface area contributed by atoms with E-state index in [-0.39, 0.29) is 0 Å². The van der Waals surface area contributed by atoms with Gasteiger partial charge in [0, 0.05) is 0 Å². The second-order valence-corrected chi connectivity index (χ2v) is 10.7. The monoisotopic (exact) mass is 384 g/mol. The SMILES string of the molecule is CC(Cc1ccc(C23CC4CC(CC(C4)C2)C3)cc1)Cc1ccc2nc[nH]c2c1. The quantitative estimate of drug-likeness (QED) is 0.538. The zero-order valence-corrected chi connectivity index (χ0v) is 17.5. The number of fused-ring (bicyclic) bond motifs is 1. The van der Waals surface area contributed by atoms with Gasteiger partial charge in [0.15, 0.2) is 0 Å². The largest absolute Gasteiger partial charge is 0.345 e. The van der Waals surface area contributed by atoms with E-state index in [1.807, 2.05) is 0 Å². The van der Waals surface area contributed by atoms with Crippen molar-refractivity contribution in [3.63, 3.8) is 0 Å². The van der Waals surface area contributed by atoms with Crippen molar-refractivity contribution in [2.75, 3.05) is 0 Å². The molecular weight excluding hydrogens is 352 g/mol. The van der Waals surface area contributed by atoms with E-state index in [9.17, 15) is 0 Å². The zero-order valence-electron chi connectivity index (χ0n) is 17.5. The first-order chi connectivity index (χ1) is 14.1. The van der Waals surface area contributed by atoms with Crippen molar-refractivity contribution in [2.24, 2.45) is 23.7 Å². The molecule has 29 heavy (non-hydrogen) atoms. The van der Waals surface area contributed by atoms with Gasteiger partial charge in [-0.3, -0.25) is 0 Å². The van der Waals surface area contributed by atoms with Gasteiger partial charge < -0.3 is 4.98 Å². The van der Waals surface area contributed by atoms with Gasteiger partial charge in [-0.05, 0) is 109 Å². The van der Waals surface area contributed by atoms with Crippen LogP contribution in [0.2, 0.25) is 0 Å². The molecule has 0 radical (unpaired) electrons. The van der Waals surface area contributed by atoms with Gasteiger partial charge in [0.2, 0.25) is 0 Å². The second-order valence-electron chi connectivity index (χ2n) is 10.7. The third-order valence-corrected chi connectivity index (χ3v) is 8.26. The molecule has 4 saturated carbocycles. The third kappa shape index (κ3) is 3.21. The number of aromatic nitrogens is 2. The molecule has 2 aromatic carbocycles. The van der Waals surface area contributed by atoms with Crippen LogP contribution in [0.4, 0.5) is 0 Å². The summed E-state index contributed by atoms with van der Waals surface area (Å²) in [5.74, 6) is 3.70. The summed E-state index contributed by atoms with van der Waals surface area (Å²) in [5, 5.41) is 0. The van der Waals surface area contributed by atoms with Gasteiger partial charge >= 0.3 is 0 Å². The van der Waals surface area contributed by atoms with Gasteiger partial charge in [0.05, 0.1) is 17.4 Å². The Kier molecular flexibility index (Phi) is 4.11. The number of rotatable bonds is 5. The van der Waals surface area contributed by atoms with Crippen LogP contribution in [-0.4, -0.2) is 9.97 Å². The first-order valence-electron chi connectivity index (χ1n) is 11.7. The van der Waals surface area contributed by atoms with E-state index in [0.29, 0.717) is 11.3 Å². The van der Waals surface area contributed by atoms with Crippen molar-refractivity contribution < 1.29 is 0 Å². The van der Waals surface area contributed by atoms with E-state index >= 15 is 0 Å². The average molecular weight is 385 g/mol. The Morgan fingerprint density at radius 1 is 0.897 bits per heavy atom. The molecule has 4 fully saturated rings. The molecule has 0 spiro atoms. The summed E-state index contributed by atoms with van der Waals surface area (Å²) in [5.41, 5.74) is 7.28. The molecule has 3 aromatic rings. The molecule has 4 aliphatic carbocycles. The van der Waals surface area contributed by atoms with Crippen molar-refractivity contribution in [2.45, 2.75) is 63.7 Å². The smallest absolute Gasteiger partial charge is 0.0931 e. The highest BCUT2D eigenvalue weighted by Crippen LogP contribution is 2.60. The lowest BCUT2D eigenvalue weighted by molar-refractivity contribution is -0.00519. The predicted octanol–water partition coefficient (Wildman–Crippen LogP) is 6.45. The van der Waals surface area contributed by atoms with Crippen LogP contribution >= 0.6 is 0 Å². The van der Waals surface area contributed by atoms with Gasteiger partial charge in [0.25, 0.3) is 0 Å². The Hall–Kier alpha value is -2.09. The molecule has 1 N–H and O–H groups in total. The molecule has 150 valence electrons. The summed E-state index contributed by atoms with van der Waals surface area (Å²) in [4.78, 5) is 7.56. The Morgan fingerprint density at radius 2 is 1.52 bits per heavy atom. The normalized spacial score (nSPS) is 31.4. The standard InChI is InChI=1S/C27H32N2/c1-18(9-20-4-7-25-26(13-20)29-17-28-25)8-19-2-5-24(6-3-19)27-14-21-10-22(15-27)12-23(11-21)16-27/h2-7,13,17-18,21-23H,8-12,14-16H2,1H3,(H,28,29). The average Bonchev–Trinajstić information content (AvgIpc) is 3.15. The molecular formula is C27H32N2. The van der Waals surface area contributed by atoms with E-state index in [2.05, 4.69) is 59.4 Å². The maximum absolute atomic E-state index is 4.33. The molecule has 0 amide bonds. The van der Waals surface area contributed by atoms with Gasteiger partial charge in [-0.2, -0.15) is 0 Å². The number of nitrogens with zero attached hydrogens (tertiary/aromatic N) is 1. The summed E-state index contributed by atoms with van der Waals surface area (Å²) >= 11 is 0. The highest BCUT2D eigenvalue weighted by atomic mass is 14.9. The van der Waals surface area contributed by atoms with Crippen LogP contribution < -0.4 is 0 Å². The predicted molar refractivity (Wildman–Crippen MR) is 119 cm³/mol. The fourth-order valence-corrected chi connectivity index (χ4v) is 7.45. The summed E-state index contributed by atoms with van der Waals surface area (Å²) in [7, 11) is 0. The molecule has 0 saturated heterocycles. The zero-order chi connectivity index (χ0) is 19.4. The number of hydrogen-bond donors (Lipinski definition) is 1. The molecule has 4 aliphatic rings. The highest BCUT2D eigenvalue weighted by Gasteiger charge is 2.51. The molecule has 1 unspecified atom stereocenters. The topological polar surface area (TPSA) is 28.7 Å². The van der Waals surface area contributed by atoms with E-state index in [1.165, 1.54) is 49.7 Å². The minimum Gasteiger partial charge on any atom is -0.345 e. The van der Waals surface area contributed by atoms with Crippen LogP contribution in [0.1, 0.15) is 62.1 Å². The molecule has 4 bridgehead atoms. The summed E-state index contributed by atoms with van der Waals surface area (Å²) in [6, 6.07) is 16.5. The Bertz CT molecular complexity index is 977. The van der Waals surface area contributed by atoms with Crippen LogP contribution in [0, 0.1) is 23.7 Å². The Labute approximate surface area is 174 Å². The van der Waals surface area contributed by atoms with Crippen molar-refractivity contribution in [3.8, 4) is 0 Å². The van der Waals surface area contributed by atoms with Crippen molar-refractivity contribution in [1.29, 1.82) is 0 Å². The summed E-state index contributed by atoms with van der Waals surface area (Å²) in [6.45, 7) is 2.38. The number of nitrogens with one attached hydrogen (secondary N) is 1. The van der Waals surface area contributed by atoms with Crippen LogP contribution in [0.15, 0.2) is 48.8 Å². The lowest BCUT2D eigenvalue weighted by atomic mass is 9.48. The van der Waals surface area contributed by atoms with Gasteiger partial charge in [-0.1, -0.05) is 37.3 Å². The minimum absolute atomic E-state index is 0.526. The highest BCUT2D eigenvalue weighted by molar-refractivity contribution is 5.75. The number of benzene rings is 2. The lowest BCUT2D eigenvalue weighted by Crippen LogP contribution is -2.48.